The van der Waals surface area contributed by atoms with Crippen molar-refractivity contribution in [1.82, 2.24) is 10.2 Å². The normalized spacial score (nSPS) is 21.9. The van der Waals surface area contributed by atoms with Gasteiger partial charge in [0.05, 0.1) is 0 Å². The molecule has 4 heteroatoms. The molecule has 1 saturated carbocycles. The van der Waals surface area contributed by atoms with Crippen LogP contribution >= 0.6 is 12.4 Å². The summed E-state index contributed by atoms with van der Waals surface area (Å²) < 4.78 is 0. The molecule has 3 rings (SSSR count). The maximum absolute atomic E-state index is 12.2. The number of carbonyl (C=O) groups excluding carboxylic acids is 1. The summed E-state index contributed by atoms with van der Waals surface area (Å²) >= 11 is 0. The molecule has 20 heavy (non-hydrogen) atoms. The van der Waals surface area contributed by atoms with Crippen molar-refractivity contribution >= 4 is 18.3 Å². The minimum atomic E-state index is 0. The molecule has 1 aromatic carbocycles. The van der Waals surface area contributed by atoms with Gasteiger partial charge in [-0.3, -0.25) is 4.79 Å². The molecule has 0 spiro atoms. The molecule has 0 aromatic heterocycles. The second kappa shape index (κ2) is 6.59. The van der Waals surface area contributed by atoms with Crippen LogP contribution in [0.3, 0.4) is 0 Å². The predicted molar refractivity (Wildman–Crippen MR) is 83.7 cm³/mol. The van der Waals surface area contributed by atoms with Gasteiger partial charge in [0.25, 0.3) is 5.91 Å². The predicted octanol–water partition coefficient (Wildman–Crippen LogP) is 2.81. The molecule has 1 amide bonds. The molecule has 3 nitrogen and oxygen atoms in total. The molecule has 0 radical (unpaired) electrons. The Morgan fingerprint density at radius 3 is 2.45 bits per heavy atom. The highest BCUT2D eigenvalue weighted by Crippen LogP contribution is 2.27. The van der Waals surface area contributed by atoms with Crippen molar-refractivity contribution in [3.63, 3.8) is 0 Å². The van der Waals surface area contributed by atoms with Crippen molar-refractivity contribution in [3.8, 4) is 0 Å². The van der Waals surface area contributed by atoms with Gasteiger partial charge in [0.15, 0.2) is 0 Å². The highest BCUT2D eigenvalue weighted by atomic mass is 35.5. The minimum Gasteiger partial charge on any atom is -0.339 e. The third-order valence-corrected chi connectivity index (χ3v) is 4.34. The fourth-order valence-corrected chi connectivity index (χ4v) is 2.87. The van der Waals surface area contributed by atoms with Crippen LogP contribution in [0.4, 0.5) is 0 Å². The number of benzene rings is 1. The second-order valence-electron chi connectivity index (χ2n) is 5.81. The molecule has 2 aliphatic rings. The summed E-state index contributed by atoms with van der Waals surface area (Å²) in [5.74, 6) is 0.773. The van der Waals surface area contributed by atoms with E-state index in [9.17, 15) is 4.79 Å². The van der Waals surface area contributed by atoms with Gasteiger partial charge in [-0.1, -0.05) is 12.1 Å². The summed E-state index contributed by atoms with van der Waals surface area (Å²) in [6, 6.07) is 8.72. The van der Waals surface area contributed by atoms with Crippen LogP contribution in [0, 0.1) is 0 Å². The zero-order chi connectivity index (χ0) is 13.2. The Bertz CT molecular complexity index is 450. The summed E-state index contributed by atoms with van der Waals surface area (Å²) in [7, 11) is 1.92. The highest BCUT2D eigenvalue weighted by Gasteiger charge is 2.30. The quantitative estimate of drug-likeness (QED) is 0.930. The van der Waals surface area contributed by atoms with Gasteiger partial charge in [0.1, 0.15) is 0 Å². The van der Waals surface area contributed by atoms with E-state index in [4.69, 9.17) is 0 Å². The van der Waals surface area contributed by atoms with Gasteiger partial charge in [0, 0.05) is 25.2 Å². The zero-order valence-electron chi connectivity index (χ0n) is 12.0. The van der Waals surface area contributed by atoms with Crippen LogP contribution in [-0.2, 0) is 0 Å². The number of hydrogen-bond donors (Lipinski definition) is 1. The Labute approximate surface area is 127 Å². The van der Waals surface area contributed by atoms with E-state index in [2.05, 4.69) is 17.4 Å². The number of nitrogens with one attached hydrogen (secondary N) is 1. The smallest absolute Gasteiger partial charge is 0.253 e. The van der Waals surface area contributed by atoms with Crippen molar-refractivity contribution in [2.24, 2.45) is 0 Å². The summed E-state index contributed by atoms with van der Waals surface area (Å²) in [5, 5.41) is 3.44. The number of carbonyl (C=O) groups is 1. The molecule has 1 aliphatic carbocycles. The Morgan fingerprint density at radius 1 is 1.20 bits per heavy atom. The van der Waals surface area contributed by atoms with E-state index < -0.39 is 0 Å². The molecule has 1 unspecified atom stereocenters. The maximum atomic E-state index is 12.2. The first-order chi connectivity index (χ1) is 9.25. The van der Waals surface area contributed by atoms with E-state index in [1.807, 2.05) is 24.1 Å². The Balaban J connectivity index is 0.00000147. The van der Waals surface area contributed by atoms with Crippen LogP contribution in [0.15, 0.2) is 24.3 Å². The number of nitrogens with zero attached hydrogens (tertiary/aromatic N) is 1. The van der Waals surface area contributed by atoms with Crippen molar-refractivity contribution < 1.29 is 4.79 Å². The van der Waals surface area contributed by atoms with Crippen LogP contribution < -0.4 is 5.32 Å². The molecule has 1 heterocycles. The first kappa shape index (κ1) is 15.3. The van der Waals surface area contributed by atoms with E-state index >= 15 is 0 Å². The van der Waals surface area contributed by atoms with E-state index in [1.54, 1.807) is 0 Å². The molecule has 2 fully saturated rings. The number of hydrogen-bond acceptors (Lipinski definition) is 2. The monoisotopic (exact) mass is 294 g/mol. The number of amides is 1. The number of piperidine rings is 1. The Hall–Kier alpha value is -1.06. The first-order valence-electron chi connectivity index (χ1n) is 7.33. The summed E-state index contributed by atoms with van der Waals surface area (Å²) in [4.78, 5) is 14.1. The van der Waals surface area contributed by atoms with E-state index in [1.165, 1.54) is 18.4 Å². The standard InChI is InChI=1S/C16H22N2O.ClH/c1-18(15-8-9-15)16(19)13-6-4-12(5-7-13)14-3-2-10-17-11-14;/h4-7,14-15,17H,2-3,8-11H2,1H3;1H. The largest absolute Gasteiger partial charge is 0.339 e. The Morgan fingerprint density at radius 2 is 1.90 bits per heavy atom. The lowest BCUT2D eigenvalue weighted by Gasteiger charge is -2.23. The number of rotatable bonds is 3. The van der Waals surface area contributed by atoms with Gasteiger partial charge in [-0.25, -0.2) is 0 Å². The number of halogens is 1. The molecule has 1 atom stereocenters. The lowest BCUT2D eigenvalue weighted by Crippen LogP contribution is -2.29. The lowest BCUT2D eigenvalue weighted by atomic mass is 9.91. The van der Waals surface area contributed by atoms with Crippen molar-refractivity contribution in [2.75, 3.05) is 20.1 Å². The fraction of sp³-hybridized carbons (Fsp3) is 0.562. The SMILES string of the molecule is CN(C(=O)c1ccc(C2CCCNC2)cc1)C1CC1.Cl. The van der Waals surface area contributed by atoms with E-state index in [-0.39, 0.29) is 18.3 Å². The van der Waals surface area contributed by atoms with Crippen molar-refractivity contribution in [1.29, 1.82) is 0 Å². The molecular formula is C16H23ClN2O. The summed E-state index contributed by atoms with van der Waals surface area (Å²) in [5.41, 5.74) is 2.18. The zero-order valence-corrected chi connectivity index (χ0v) is 12.8. The third kappa shape index (κ3) is 3.33. The van der Waals surface area contributed by atoms with Gasteiger partial charge in [0.2, 0.25) is 0 Å². The molecule has 1 N–H and O–H groups in total. The van der Waals surface area contributed by atoms with Gasteiger partial charge in [-0.05, 0) is 55.8 Å². The maximum Gasteiger partial charge on any atom is 0.253 e. The summed E-state index contributed by atoms with van der Waals surface area (Å²) in [6.07, 6.45) is 4.82. The van der Waals surface area contributed by atoms with Crippen molar-refractivity contribution in [3.05, 3.63) is 35.4 Å². The average molecular weight is 295 g/mol. The molecule has 0 bridgehead atoms. The van der Waals surface area contributed by atoms with Crippen molar-refractivity contribution in [2.45, 2.75) is 37.6 Å². The van der Waals surface area contributed by atoms with E-state index in [0.717, 1.165) is 31.5 Å². The summed E-state index contributed by atoms with van der Waals surface area (Å²) in [6.45, 7) is 2.20. The van der Waals surface area contributed by atoms with Crippen LogP contribution in [0.25, 0.3) is 0 Å². The highest BCUT2D eigenvalue weighted by molar-refractivity contribution is 5.94. The average Bonchev–Trinajstić information content (AvgIpc) is 3.31. The Kier molecular flexibility index (Phi) is 5.06. The molecule has 1 aromatic rings. The molecular weight excluding hydrogens is 272 g/mol. The van der Waals surface area contributed by atoms with E-state index in [0.29, 0.717) is 12.0 Å². The fourth-order valence-electron chi connectivity index (χ4n) is 2.87. The molecule has 1 saturated heterocycles. The van der Waals surface area contributed by atoms with Crippen LogP contribution in [0.1, 0.15) is 47.5 Å². The van der Waals surface area contributed by atoms with Gasteiger partial charge < -0.3 is 10.2 Å². The third-order valence-electron chi connectivity index (χ3n) is 4.34. The second-order valence-corrected chi connectivity index (χ2v) is 5.81. The van der Waals surface area contributed by atoms with Gasteiger partial charge in [-0.15, -0.1) is 12.4 Å². The molecule has 1 aliphatic heterocycles. The topological polar surface area (TPSA) is 32.3 Å². The van der Waals surface area contributed by atoms with Crippen LogP contribution in [0.5, 0.6) is 0 Å². The van der Waals surface area contributed by atoms with Gasteiger partial charge >= 0.3 is 0 Å². The van der Waals surface area contributed by atoms with Crippen LogP contribution in [-0.4, -0.2) is 37.0 Å². The minimum absolute atomic E-state index is 0. The van der Waals surface area contributed by atoms with Crippen LogP contribution in [0.2, 0.25) is 0 Å². The lowest BCUT2D eigenvalue weighted by molar-refractivity contribution is 0.0785. The molecule has 110 valence electrons. The van der Waals surface area contributed by atoms with Gasteiger partial charge in [-0.2, -0.15) is 0 Å². The first-order valence-corrected chi connectivity index (χ1v) is 7.33.